The number of nitrogens with zero attached hydrogens (tertiary/aromatic N) is 1. The number of benzene rings is 1. The van der Waals surface area contributed by atoms with Crippen molar-refractivity contribution >= 4 is 11.9 Å². The molecule has 0 aromatic heterocycles. The van der Waals surface area contributed by atoms with Crippen molar-refractivity contribution in [1.82, 2.24) is 15.5 Å². The Morgan fingerprint density at radius 3 is 2.90 bits per heavy atom. The van der Waals surface area contributed by atoms with E-state index in [2.05, 4.69) is 10.6 Å². The number of amides is 3. The first-order chi connectivity index (χ1) is 9.61. The van der Waals surface area contributed by atoms with Crippen LogP contribution in [0.5, 0.6) is 5.75 Å². The summed E-state index contributed by atoms with van der Waals surface area (Å²) in [6.45, 7) is 0.387. The Bertz CT molecular complexity index is 624. The van der Waals surface area contributed by atoms with Crippen LogP contribution in [0.15, 0.2) is 35.5 Å². The van der Waals surface area contributed by atoms with E-state index < -0.39 is 6.04 Å². The smallest absolute Gasteiger partial charge is 0.322 e. The molecule has 0 saturated carbocycles. The van der Waals surface area contributed by atoms with E-state index in [-0.39, 0.29) is 11.9 Å². The predicted molar refractivity (Wildman–Crippen MR) is 72.1 cm³/mol. The van der Waals surface area contributed by atoms with Crippen molar-refractivity contribution in [1.29, 1.82) is 0 Å². The second-order valence-corrected chi connectivity index (χ2v) is 4.76. The third-order valence-electron chi connectivity index (χ3n) is 3.67. The summed E-state index contributed by atoms with van der Waals surface area (Å²) in [4.78, 5) is 25.5. The van der Waals surface area contributed by atoms with Gasteiger partial charge >= 0.3 is 6.03 Å². The van der Waals surface area contributed by atoms with Gasteiger partial charge in [-0.05, 0) is 17.7 Å². The molecule has 2 aliphatic heterocycles. The van der Waals surface area contributed by atoms with Crippen LogP contribution in [0.3, 0.4) is 0 Å². The highest BCUT2D eigenvalue weighted by molar-refractivity contribution is 6.01. The molecule has 104 valence electrons. The maximum atomic E-state index is 12.0. The molecule has 0 bridgehead atoms. The summed E-state index contributed by atoms with van der Waals surface area (Å²) in [6.07, 6.45) is 0. The van der Waals surface area contributed by atoms with E-state index in [1.54, 1.807) is 14.2 Å². The molecule has 3 amide bonds. The fourth-order valence-electron chi connectivity index (χ4n) is 2.57. The lowest BCUT2D eigenvalue weighted by molar-refractivity contribution is -0.116. The maximum Gasteiger partial charge on any atom is 0.322 e. The summed E-state index contributed by atoms with van der Waals surface area (Å²) in [6, 6.07) is 6.71. The zero-order valence-corrected chi connectivity index (χ0v) is 11.3. The van der Waals surface area contributed by atoms with E-state index in [0.717, 1.165) is 11.3 Å². The minimum atomic E-state index is -0.439. The monoisotopic (exact) mass is 273 g/mol. The average molecular weight is 273 g/mol. The number of rotatable bonds is 2. The molecule has 0 saturated heterocycles. The highest BCUT2D eigenvalue weighted by Crippen LogP contribution is 2.33. The molecule has 1 aromatic carbocycles. The topological polar surface area (TPSA) is 70.7 Å². The van der Waals surface area contributed by atoms with Crippen LogP contribution in [-0.4, -0.2) is 37.5 Å². The molecule has 2 aliphatic rings. The average Bonchev–Trinajstić information content (AvgIpc) is 2.85. The van der Waals surface area contributed by atoms with Crippen molar-refractivity contribution in [2.75, 3.05) is 20.7 Å². The van der Waals surface area contributed by atoms with E-state index >= 15 is 0 Å². The van der Waals surface area contributed by atoms with Gasteiger partial charge in [-0.2, -0.15) is 0 Å². The number of nitrogens with one attached hydrogen (secondary N) is 2. The number of likely N-dealkylation sites (N-methyl/N-ethyl adjacent to an activating group) is 1. The fourth-order valence-corrected chi connectivity index (χ4v) is 2.57. The van der Waals surface area contributed by atoms with Crippen LogP contribution in [0.4, 0.5) is 4.79 Å². The lowest BCUT2D eigenvalue weighted by Gasteiger charge is -2.31. The summed E-state index contributed by atoms with van der Waals surface area (Å²) < 4.78 is 5.19. The van der Waals surface area contributed by atoms with Crippen LogP contribution in [0.25, 0.3) is 0 Å². The summed E-state index contributed by atoms with van der Waals surface area (Å²) >= 11 is 0. The Morgan fingerprint density at radius 1 is 1.35 bits per heavy atom. The molecule has 20 heavy (non-hydrogen) atoms. The Balaban J connectivity index is 2.08. The lowest BCUT2D eigenvalue weighted by atomic mass is 9.95. The summed E-state index contributed by atoms with van der Waals surface area (Å²) in [5, 5.41) is 5.61. The number of ether oxygens (including phenoxy) is 1. The standard InChI is InChI=1S/C14H15N3O3/c1-17-10-7-15-13(18)11(10)12(16-14(17)19)8-4-3-5-9(6-8)20-2/h3-6,12H,7H2,1-2H3,(H,15,18)(H,16,19). The van der Waals surface area contributed by atoms with Gasteiger partial charge in [-0.25, -0.2) is 4.79 Å². The van der Waals surface area contributed by atoms with Gasteiger partial charge in [0.05, 0.1) is 31.0 Å². The first kappa shape index (κ1) is 12.5. The van der Waals surface area contributed by atoms with Crippen molar-refractivity contribution in [3.05, 3.63) is 41.1 Å². The molecule has 1 atom stereocenters. The van der Waals surface area contributed by atoms with Gasteiger partial charge in [0.15, 0.2) is 0 Å². The normalized spacial score (nSPS) is 21.5. The zero-order valence-electron chi connectivity index (χ0n) is 11.3. The summed E-state index contributed by atoms with van der Waals surface area (Å²) in [5.74, 6) is 0.552. The largest absolute Gasteiger partial charge is 0.497 e. The Labute approximate surface area is 116 Å². The highest BCUT2D eigenvalue weighted by atomic mass is 16.5. The number of hydrogen-bond acceptors (Lipinski definition) is 3. The van der Waals surface area contributed by atoms with Gasteiger partial charge in [-0.1, -0.05) is 12.1 Å². The van der Waals surface area contributed by atoms with Crippen LogP contribution in [-0.2, 0) is 4.79 Å². The maximum absolute atomic E-state index is 12.0. The molecule has 0 radical (unpaired) electrons. The van der Waals surface area contributed by atoms with Crippen LogP contribution >= 0.6 is 0 Å². The first-order valence-electron chi connectivity index (χ1n) is 6.31. The molecule has 0 spiro atoms. The Kier molecular flexibility index (Phi) is 2.85. The molecular formula is C14H15N3O3. The van der Waals surface area contributed by atoms with Crippen molar-refractivity contribution < 1.29 is 14.3 Å². The van der Waals surface area contributed by atoms with E-state index in [1.807, 2.05) is 24.3 Å². The fraction of sp³-hybridized carbons (Fsp3) is 0.286. The Morgan fingerprint density at radius 2 is 2.15 bits per heavy atom. The quantitative estimate of drug-likeness (QED) is 0.836. The third-order valence-corrected chi connectivity index (χ3v) is 3.67. The van der Waals surface area contributed by atoms with Gasteiger partial charge in [-0.15, -0.1) is 0 Å². The number of carbonyl (C=O) groups excluding carboxylic acids is 2. The van der Waals surface area contributed by atoms with E-state index in [4.69, 9.17) is 4.74 Å². The molecule has 1 aromatic rings. The first-order valence-corrected chi connectivity index (χ1v) is 6.31. The number of hydrogen-bond donors (Lipinski definition) is 2. The van der Waals surface area contributed by atoms with Crippen molar-refractivity contribution in [3.63, 3.8) is 0 Å². The summed E-state index contributed by atoms with van der Waals surface area (Å²) in [7, 11) is 3.24. The number of carbonyl (C=O) groups is 2. The summed E-state index contributed by atoms with van der Waals surface area (Å²) in [5.41, 5.74) is 2.15. The van der Waals surface area contributed by atoms with E-state index in [9.17, 15) is 9.59 Å². The molecule has 6 nitrogen and oxygen atoms in total. The van der Waals surface area contributed by atoms with Crippen molar-refractivity contribution in [3.8, 4) is 5.75 Å². The minimum absolute atomic E-state index is 0.139. The molecule has 2 N–H and O–H groups in total. The second kappa shape index (κ2) is 4.56. The minimum Gasteiger partial charge on any atom is -0.497 e. The molecule has 6 heteroatoms. The van der Waals surface area contributed by atoms with Gasteiger partial charge < -0.3 is 15.4 Å². The van der Waals surface area contributed by atoms with E-state index in [0.29, 0.717) is 17.9 Å². The SMILES string of the molecule is COc1cccc(C2NC(=O)N(C)C3=C2C(=O)NC3)c1. The van der Waals surface area contributed by atoms with Gasteiger partial charge in [-0.3, -0.25) is 9.69 Å². The van der Waals surface area contributed by atoms with Crippen molar-refractivity contribution in [2.24, 2.45) is 0 Å². The molecular weight excluding hydrogens is 258 g/mol. The van der Waals surface area contributed by atoms with E-state index in [1.165, 1.54) is 4.90 Å². The van der Waals surface area contributed by atoms with Crippen LogP contribution in [0.1, 0.15) is 11.6 Å². The number of methoxy groups -OCH3 is 1. The molecule has 3 rings (SSSR count). The zero-order chi connectivity index (χ0) is 14.3. The molecule has 0 fully saturated rings. The predicted octanol–water partition coefficient (Wildman–Crippen LogP) is 0.775. The van der Waals surface area contributed by atoms with Gasteiger partial charge in [0.25, 0.3) is 5.91 Å². The van der Waals surface area contributed by atoms with Gasteiger partial charge in [0, 0.05) is 7.05 Å². The molecule has 2 heterocycles. The van der Waals surface area contributed by atoms with Gasteiger partial charge in [0.1, 0.15) is 5.75 Å². The van der Waals surface area contributed by atoms with Crippen LogP contribution in [0.2, 0.25) is 0 Å². The molecule has 0 aliphatic carbocycles. The Hall–Kier alpha value is -2.50. The van der Waals surface area contributed by atoms with Crippen molar-refractivity contribution in [2.45, 2.75) is 6.04 Å². The molecule has 1 unspecified atom stereocenters. The lowest BCUT2D eigenvalue weighted by Crippen LogP contribution is -2.45. The second-order valence-electron chi connectivity index (χ2n) is 4.76. The van der Waals surface area contributed by atoms with Crippen LogP contribution < -0.4 is 15.4 Å². The van der Waals surface area contributed by atoms with Gasteiger partial charge in [0.2, 0.25) is 0 Å². The third kappa shape index (κ3) is 1.80. The number of urea groups is 1. The van der Waals surface area contributed by atoms with Crippen LogP contribution in [0, 0.1) is 0 Å². The highest BCUT2D eigenvalue weighted by Gasteiger charge is 2.39.